The summed E-state index contributed by atoms with van der Waals surface area (Å²) in [5, 5.41) is 3.44. The van der Waals surface area contributed by atoms with E-state index in [0.29, 0.717) is 33.6 Å². The van der Waals surface area contributed by atoms with E-state index < -0.39 is 10.8 Å². The first-order valence-electron chi connectivity index (χ1n) is 6.46. The van der Waals surface area contributed by atoms with Crippen LogP contribution in [0.15, 0.2) is 53.4 Å². The molecular formula is C15H13ClN2O2S. The Hall–Kier alpha value is -1.85. The van der Waals surface area contributed by atoms with Crippen LogP contribution >= 0.6 is 11.6 Å². The normalized spacial score (nSPS) is 17.2. The first-order valence-corrected chi connectivity index (χ1v) is 8.16. The summed E-state index contributed by atoms with van der Waals surface area (Å²) in [5.41, 5.74) is 1.38. The third kappa shape index (κ3) is 2.94. The lowest BCUT2D eigenvalue weighted by molar-refractivity contribution is 0.257. The molecule has 0 bridgehead atoms. The van der Waals surface area contributed by atoms with E-state index in [0.717, 1.165) is 0 Å². The molecule has 1 aliphatic rings. The molecule has 1 aliphatic heterocycles. The van der Waals surface area contributed by atoms with Crippen molar-refractivity contribution in [3.63, 3.8) is 0 Å². The van der Waals surface area contributed by atoms with Gasteiger partial charge in [0.25, 0.3) is 0 Å². The molecule has 6 heteroatoms. The largest absolute Gasteiger partial charge is 0.326 e. The van der Waals surface area contributed by atoms with Crippen molar-refractivity contribution in [1.29, 1.82) is 0 Å². The van der Waals surface area contributed by atoms with Gasteiger partial charge in [-0.05, 0) is 36.4 Å². The third-order valence-electron chi connectivity index (χ3n) is 3.24. The number of benzene rings is 2. The van der Waals surface area contributed by atoms with Gasteiger partial charge < -0.3 is 5.32 Å². The molecule has 0 radical (unpaired) electrons. The Morgan fingerprint density at radius 1 is 1.14 bits per heavy atom. The van der Waals surface area contributed by atoms with Crippen molar-refractivity contribution in [2.45, 2.75) is 4.90 Å². The van der Waals surface area contributed by atoms with Crippen LogP contribution in [-0.2, 0) is 10.8 Å². The van der Waals surface area contributed by atoms with Gasteiger partial charge in [-0.25, -0.2) is 4.79 Å². The Labute approximate surface area is 130 Å². The number of carbonyl (C=O) groups excluding carboxylic acids is 1. The zero-order valence-electron chi connectivity index (χ0n) is 11.1. The highest BCUT2D eigenvalue weighted by molar-refractivity contribution is 7.85. The van der Waals surface area contributed by atoms with E-state index in [9.17, 15) is 9.00 Å². The fourth-order valence-electron chi connectivity index (χ4n) is 2.21. The molecule has 2 aromatic rings. The van der Waals surface area contributed by atoms with Crippen LogP contribution in [0.2, 0.25) is 5.02 Å². The molecule has 1 unspecified atom stereocenters. The van der Waals surface area contributed by atoms with Crippen molar-refractivity contribution in [2.24, 2.45) is 0 Å². The third-order valence-corrected chi connectivity index (χ3v) is 4.88. The Balaban J connectivity index is 1.84. The molecule has 0 saturated heterocycles. The number of para-hydroxylation sites is 1. The SMILES string of the molecule is O=C(Nc1ccc(Cl)cc1)N1CCS(=O)c2ccccc21. The summed E-state index contributed by atoms with van der Waals surface area (Å²) in [6.45, 7) is 0.434. The molecule has 0 spiro atoms. The topological polar surface area (TPSA) is 49.4 Å². The summed E-state index contributed by atoms with van der Waals surface area (Å²) in [7, 11) is -1.04. The van der Waals surface area contributed by atoms with Gasteiger partial charge in [0.2, 0.25) is 0 Å². The van der Waals surface area contributed by atoms with E-state index in [1.165, 1.54) is 0 Å². The van der Waals surface area contributed by atoms with Gasteiger partial charge in [0, 0.05) is 23.0 Å². The number of nitrogens with one attached hydrogen (secondary N) is 1. The zero-order valence-corrected chi connectivity index (χ0v) is 12.7. The molecular weight excluding hydrogens is 308 g/mol. The number of rotatable bonds is 1. The van der Waals surface area contributed by atoms with Crippen molar-refractivity contribution >= 4 is 39.8 Å². The van der Waals surface area contributed by atoms with Crippen LogP contribution in [0.5, 0.6) is 0 Å². The van der Waals surface area contributed by atoms with Crippen LogP contribution in [0.25, 0.3) is 0 Å². The van der Waals surface area contributed by atoms with Crippen LogP contribution in [0.4, 0.5) is 16.2 Å². The number of fused-ring (bicyclic) bond motifs is 1. The van der Waals surface area contributed by atoms with Crippen molar-refractivity contribution in [1.82, 2.24) is 0 Å². The minimum absolute atomic E-state index is 0.235. The molecule has 1 N–H and O–H groups in total. The van der Waals surface area contributed by atoms with Crippen molar-refractivity contribution < 1.29 is 9.00 Å². The maximum Gasteiger partial charge on any atom is 0.326 e. The van der Waals surface area contributed by atoms with E-state index in [4.69, 9.17) is 11.6 Å². The zero-order chi connectivity index (χ0) is 14.8. The van der Waals surface area contributed by atoms with E-state index in [1.54, 1.807) is 35.2 Å². The van der Waals surface area contributed by atoms with Crippen LogP contribution in [0.3, 0.4) is 0 Å². The van der Waals surface area contributed by atoms with E-state index in [1.807, 2.05) is 18.2 Å². The van der Waals surface area contributed by atoms with Crippen LogP contribution < -0.4 is 10.2 Å². The summed E-state index contributed by atoms with van der Waals surface area (Å²) in [5.74, 6) is 0.449. The van der Waals surface area contributed by atoms with Crippen LogP contribution in [0.1, 0.15) is 0 Å². The summed E-state index contributed by atoms with van der Waals surface area (Å²) >= 11 is 5.82. The molecule has 108 valence electrons. The van der Waals surface area contributed by atoms with Gasteiger partial charge in [0.15, 0.2) is 0 Å². The first kappa shape index (κ1) is 14.1. The Morgan fingerprint density at radius 2 is 1.86 bits per heavy atom. The summed E-state index contributed by atoms with van der Waals surface area (Å²) in [6.07, 6.45) is 0. The second-order valence-corrected chi connectivity index (χ2v) is 6.58. The molecule has 3 rings (SSSR count). The molecule has 0 aliphatic carbocycles. The number of hydrogen-bond donors (Lipinski definition) is 1. The summed E-state index contributed by atoms with van der Waals surface area (Å²) < 4.78 is 12.0. The van der Waals surface area contributed by atoms with Gasteiger partial charge in [0.1, 0.15) is 0 Å². The molecule has 0 aromatic heterocycles. The highest BCUT2D eigenvalue weighted by atomic mass is 35.5. The minimum atomic E-state index is -1.04. The monoisotopic (exact) mass is 320 g/mol. The van der Waals surface area contributed by atoms with Crippen molar-refractivity contribution in [2.75, 3.05) is 22.5 Å². The molecule has 2 amide bonds. The summed E-state index contributed by atoms with van der Waals surface area (Å²) in [4.78, 5) is 14.7. The van der Waals surface area contributed by atoms with E-state index >= 15 is 0 Å². The predicted molar refractivity (Wildman–Crippen MR) is 85.5 cm³/mol. The lowest BCUT2D eigenvalue weighted by Crippen LogP contribution is -2.41. The number of nitrogens with zero attached hydrogens (tertiary/aromatic N) is 1. The first-order chi connectivity index (χ1) is 10.1. The molecule has 0 saturated carbocycles. The van der Waals surface area contributed by atoms with Crippen molar-refractivity contribution in [3.05, 3.63) is 53.6 Å². The van der Waals surface area contributed by atoms with E-state index in [-0.39, 0.29) is 6.03 Å². The molecule has 4 nitrogen and oxygen atoms in total. The number of anilines is 2. The second kappa shape index (κ2) is 5.87. The predicted octanol–water partition coefficient (Wildman–Crippen LogP) is 3.50. The average Bonchev–Trinajstić information content (AvgIpc) is 2.50. The van der Waals surface area contributed by atoms with Gasteiger partial charge in [-0.3, -0.25) is 9.11 Å². The maximum absolute atomic E-state index is 12.4. The smallest absolute Gasteiger partial charge is 0.308 e. The standard InChI is InChI=1S/C15H13ClN2O2S/c16-11-5-7-12(8-6-11)17-15(19)18-9-10-21(20)14-4-2-1-3-13(14)18/h1-8H,9-10H2,(H,17,19). The van der Waals surface area contributed by atoms with E-state index in [2.05, 4.69) is 5.32 Å². The fourth-order valence-corrected chi connectivity index (χ4v) is 3.55. The van der Waals surface area contributed by atoms with Crippen LogP contribution in [0, 0.1) is 0 Å². The minimum Gasteiger partial charge on any atom is -0.308 e. The molecule has 2 aromatic carbocycles. The number of hydrogen-bond acceptors (Lipinski definition) is 2. The Bertz CT molecular complexity index is 703. The Morgan fingerprint density at radius 3 is 2.62 bits per heavy atom. The number of amides is 2. The van der Waals surface area contributed by atoms with Gasteiger partial charge in [-0.15, -0.1) is 0 Å². The number of carbonyl (C=O) groups is 1. The average molecular weight is 321 g/mol. The highest BCUT2D eigenvalue weighted by Crippen LogP contribution is 2.28. The van der Waals surface area contributed by atoms with Crippen molar-refractivity contribution in [3.8, 4) is 0 Å². The maximum atomic E-state index is 12.4. The number of urea groups is 1. The molecule has 1 atom stereocenters. The summed E-state index contributed by atoms with van der Waals surface area (Å²) in [6, 6.07) is 14.0. The Kier molecular flexibility index (Phi) is 3.94. The van der Waals surface area contributed by atoms with Gasteiger partial charge >= 0.3 is 6.03 Å². The van der Waals surface area contributed by atoms with Crippen LogP contribution in [-0.4, -0.2) is 22.5 Å². The van der Waals surface area contributed by atoms with Gasteiger partial charge in [0.05, 0.1) is 21.4 Å². The molecule has 1 heterocycles. The second-order valence-electron chi connectivity index (χ2n) is 4.61. The van der Waals surface area contributed by atoms with Gasteiger partial charge in [-0.2, -0.15) is 0 Å². The quantitative estimate of drug-likeness (QED) is 0.874. The molecule has 21 heavy (non-hydrogen) atoms. The molecule has 0 fully saturated rings. The fraction of sp³-hybridized carbons (Fsp3) is 0.133. The number of halogens is 1. The van der Waals surface area contributed by atoms with Gasteiger partial charge in [-0.1, -0.05) is 23.7 Å². The lowest BCUT2D eigenvalue weighted by atomic mass is 10.3. The highest BCUT2D eigenvalue weighted by Gasteiger charge is 2.26. The lowest BCUT2D eigenvalue weighted by Gasteiger charge is -2.28.